The number of carbonyl (C=O) groups is 1. The number of nitrogens with zero attached hydrogens (tertiary/aromatic N) is 3. The van der Waals surface area contributed by atoms with E-state index in [4.69, 9.17) is 0 Å². The van der Waals surface area contributed by atoms with Gasteiger partial charge in [-0.05, 0) is 55.0 Å². The summed E-state index contributed by atoms with van der Waals surface area (Å²) in [5.41, 5.74) is 2.82. The molecule has 24 heavy (non-hydrogen) atoms. The second-order valence-electron chi connectivity index (χ2n) is 6.59. The number of benzene rings is 1. The maximum absolute atomic E-state index is 12.7. The highest BCUT2D eigenvalue weighted by molar-refractivity contribution is 7.08. The number of piperidine rings is 1. The van der Waals surface area contributed by atoms with Gasteiger partial charge >= 0.3 is 0 Å². The van der Waals surface area contributed by atoms with Crippen molar-refractivity contribution in [3.63, 3.8) is 0 Å². The van der Waals surface area contributed by atoms with Crippen LogP contribution in [0.2, 0.25) is 0 Å². The van der Waals surface area contributed by atoms with Crippen LogP contribution in [-0.4, -0.2) is 33.5 Å². The van der Waals surface area contributed by atoms with Gasteiger partial charge in [-0.2, -0.15) is 0 Å². The molecule has 1 fully saturated rings. The van der Waals surface area contributed by atoms with Crippen LogP contribution in [0.3, 0.4) is 0 Å². The van der Waals surface area contributed by atoms with Crippen LogP contribution in [0.4, 0.5) is 5.69 Å². The van der Waals surface area contributed by atoms with Crippen LogP contribution >= 0.6 is 11.5 Å². The molecule has 2 aromatic rings. The van der Waals surface area contributed by atoms with E-state index < -0.39 is 0 Å². The number of hydrogen-bond donors (Lipinski definition) is 1. The van der Waals surface area contributed by atoms with Crippen molar-refractivity contribution >= 4 is 23.1 Å². The molecule has 0 saturated carbocycles. The van der Waals surface area contributed by atoms with Crippen molar-refractivity contribution in [2.75, 3.05) is 18.4 Å². The summed E-state index contributed by atoms with van der Waals surface area (Å²) in [6.07, 6.45) is 3.85. The van der Waals surface area contributed by atoms with Crippen molar-refractivity contribution in [3.05, 3.63) is 40.4 Å². The Morgan fingerprint density at radius 1 is 1.25 bits per heavy atom. The first-order valence-electron chi connectivity index (χ1n) is 8.59. The molecular weight excluding hydrogens is 320 g/mol. The Bertz CT molecular complexity index is 692. The van der Waals surface area contributed by atoms with E-state index in [1.165, 1.54) is 19.3 Å². The molecule has 1 aliphatic rings. The summed E-state index contributed by atoms with van der Waals surface area (Å²) >= 11 is 1.16. The minimum absolute atomic E-state index is 0.111. The highest BCUT2D eigenvalue weighted by Crippen LogP contribution is 2.24. The molecule has 1 N–H and O–H groups in total. The Labute approximate surface area is 147 Å². The van der Waals surface area contributed by atoms with E-state index in [1.807, 2.05) is 32.0 Å². The fraction of sp³-hybridized carbons (Fsp3) is 0.500. The fourth-order valence-electron chi connectivity index (χ4n) is 3.05. The van der Waals surface area contributed by atoms with E-state index in [9.17, 15) is 4.79 Å². The van der Waals surface area contributed by atoms with E-state index in [0.29, 0.717) is 4.88 Å². The monoisotopic (exact) mass is 344 g/mol. The maximum Gasteiger partial charge on any atom is 0.269 e. The van der Waals surface area contributed by atoms with Crippen LogP contribution in [0.15, 0.2) is 24.3 Å². The summed E-state index contributed by atoms with van der Waals surface area (Å²) in [6.45, 7) is 7.21. The number of amides is 1. The standard InChI is InChI=1S/C18H24N4OS/c1-13(2)16-17(24-21-20-16)18(23)19-15-9-5-4-8-14(15)12-22-10-6-3-7-11-22/h4-5,8-9,13H,3,6-7,10-12H2,1-2H3,(H,19,23). The molecule has 2 heterocycles. The zero-order valence-corrected chi connectivity index (χ0v) is 15.1. The third-order valence-corrected chi connectivity index (χ3v) is 5.12. The third-order valence-electron chi connectivity index (χ3n) is 4.37. The molecule has 5 nitrogen and oxygen atoms in total. The second kappa shape index (κ2) is 7.85. The molecule has 6 heteroatoms. The van der Waals surface area contributed by atoms with E-state index in [2.05, 4.69) is 25.9 Å². The second-order valence-corrected chi connectivity index (χ2v) is 7.34. The summed E-state index contributed by atoms with van der Waals surface area (Å²) in [7, 11) is 0. The quantitative estimate of drug-likeness (QED) is 0.894. The van der Waals surface area contributed by atoms with Crippen LogP contribution in [-0.2, 0) is 6.54 Å². The van der Waals surface area contributed by atoms with Gasteiger partial charge in [0.2, 0.25) is 0 Å². The average molecular weight is 344 g/mol. The lowest BCUT2D eigenvalue weighted by atomic mass is 10.1. The van der Waals surface area contributed by atoms with Crippen molar-refractivity contribution in [2.24, 2.45) is 0 Å². The number of rotatable bonds is 5. The fourth-order valence-corrected chi connectivity index (χ4v) is 3.76. The van der Waals surface area contributed by atoms with Gasteiger partial charge in [0.15, 0.2) is 0 Å². The molecule has 128 valence electrons. The van der Waals surface area contributed by atoms with Crippen molar-refractivity contribution in [1.82, 2.24) is 14.5 Å². The predicted octanol–water partition coefficient (Wildman–Crippen LogP) is 3.90. The van der Waals surface area contributed by atoms with Gasteiger partial charge in [-0.25, -0.2) is 0 Å². The number of anilines is 1. The molecule has 1 aliphatic heterocycles. The number of aromatic nitrogens is 2. The third kappa shape index (κ3) is 3.99. The minimum atomic E-state index is -0.111. The molecule has 0 bridgehead atoms. The molecule has 1 aromatic carbocycles. The average Bonchev–Trinajstić information content (AvgIpc) is 3.08. The summed E-state index contributed by atoms with van der Waals surface area (Å²) < 4.78 is 3.94. The molecule has 0 atom stereocenters. The summed E-state index contributed by atoms with van der Waals surface area (Å²) in [6, 6.07) is 8.06. The van der Waals surface area contributed by atoms with Gasteiger partial charge in [-0.15, -0.1) is 5.10 Å². The normalized spacial score (nSPS) is 15.6. The smallest absolute Gasteiger partial charge is 0.269 e. The van der Waals surface area contributed by atoms with E-state index in [0.717, 1.165) is 48.1 Å². The minimum Gasteiger partial charge on any atom is -0.321 e. The van der Waals surface area contributed by atoms with Crippen molar-refractivity contribution < 1.29 is 4.79 Å². The summed E-state index contributed by atoms with van der Waals surface area (Å²) in [5, 5.41) is 7.16. The Morgan fingerprint density at radius 3 is 2.75 bits per heavy atom. The van der Waals surface area contributed by atoms with Gasteiger partial charge in [0, 0.05) is 12.2 Å². The van der Waals surface area contributed by atoms with E-state index in [1.54, 1.807) is 0 Å². The van der Waals surface area contributed by atoms with Crippen molar-refractivity contribution in [1.29, 1.82) is 0 Å². The number of likely N-dealkylation sites (tertiary alicyclic amines) is 1. The lowest BCUT2D eigenvalue weighted by molar-refractivity contribution is 0.102. The molecule has 0 unspecified atom stereocenters. The first-order chi connectivity index (χ1) is 11.6. The van der Waals surface area contributed by atoms with Crippen LogP contribution in [0, 0.1) is 0 Å². The zero-order valence-electron chi connectivity index (χ0n) is 14.3. The Morgan fingerprint density at radius 2 is 2.00 bits per heavy atom. The molecule has 1 aromatic heterocycles. The lowest BCUT2D eigenvalue weighted by Gasteiger charge is -2.27. The van der Waals surface area contributed by atoms with Crippen molar-refractivity contribution in [3.8, 4) is 0 Å². The van der Waals surface area contributed by atoms with Gasteiger partial charge < -0.3 is 5.32 Å². The Hall–Kier alpha value is -1.79. The summed E-state index contributed by atoms with van der Waals surface area (Å²) in [5.74, 6) is 0.0767. The molecule has 1 saturated heterocycles. The van der Waals surface area contributed by atoms with Crippen molar-refractivity contribution in [2.45, 2.75) is 45.6 Å². The van der Waals surface area contributed by atoms with Crippen LogP contribution in [0.1, 0.15) is 60.0 Å². The largest absolute Gasteiger partial charge is 0.321 e. The van der Waals surface area contributed by atoms with Gasteiger partial charge in [-0.1, -0.05) is 43.0 Å². The molecule has 1 amide bonds. The molecule has 0 radical (unpaired) electrons. The van der Waals surface area contributed by atoms with Gasteiger partial charge in [0.25, 0.3) is 5.91 Å². The topological polar surface area (TPSA) is 58.1 Å². The van der Waals surface area contributed by atoms with E-state index >= 15 is 0 Å². The van der Waals surface area contributed by atoms with E-state index in [-0.39, 0.29) is 11.8 Å². The number of carbonyl (C=O) groups excluding carboxylic acids is 1. The highest BCUT2D eigenvalue weighted by atomic mass is 32.1. The number of nitrogens with one attached hydrogen (secondary N) is 1. The van der Waals surface area contributed by atoms with Gasteiger partial charge in [0.05, 0.1) is 5.69 Å². The SMILES string of the molecule is CC(C)c1nnsc1C(=O)Nc1ccccc1CN1CCCCC1. The van der Waals surface area contributed by atoms with Crippen LogP contribution in [0.25, 0.3) is 0 Å². The highest BCUT2D eigenvalue weighted by Gasteiger charge is 2.20. The number of para-hydroxylation sites is 1. The molecule has 0 spiro atoms. The lowest BCUT2D eigenvalue weighted by Crippen LogP contribution is -2.29. The van der Waals surface area contributed by atoms with Crippen LogP contribution < -0.4 is 5.32 Å². The summed E-state index contributed by atoms with van der Waals surface area (Å²) in [4.78, 5) is 15.7. The first-order valence-corrected chi connectivity index (χ1v) is 9.36. The number of hydrogen-bond acceptors (Lipinski definition) is 5. The van der Waals surface area contributed by atoms with Crippen LogP contribution in [0.5, 0.6) is 0 Å². The molecule has 0 aliphatic carbocycles. The molecular formula is C18H24N4OS. The Kier molecular flexibility index (Phi) is 5.58. The molecule has 3 rings (SSSR count). The maximum atomic E-state index is 12.7. The predicted molar refractivity (Wildman–Crippen MR) is 97.5 cm³/mol. The first kappa shape index (κ1) is 17.0. The zero-order chi connectivity index (χ0) is 16.9. The Balaban J connectivity index is 1.74. The van der Waals surface area contributed by atoms with Gasteiger partial charge in [-0.3, -0.25) is 9.69 Å². The van der Waals surface area contributed by atoms with Gasteiger partial charge in [0.1, 0.15) is 4.88 Å².